The number of rotatable bonds is 1. The Morgan fingerprint density at radius 2 is 2.31 bits per heavy atom. The van der Waals surface area contributed by atoms with Crippen molar-refractivity contribution >= 4 is 5.52 Å². The van der Waals surface area contributed by atoms with Gasteiger partial charge >= 0.3 is 0 Å². The van der Waals surface area contributed by atoms with Gasteiger partial charge in [-0.25, -0.2) is 9.37 Å². The molecule has 2 aromatic rings. The zero-order chi connectivity index (χ0) is 9.42. The van der Waals surface area contributed by atoms with E-state index in [4.69, 9.17) is 5.11 Å². The van der Waals surface area contributed by atoms with E-state index in [-0.39, 0.29) is 12.4 Å². The molecule has 0 unspecified atom stereocenters. The van der Waals surface area contributed by atoms with Gasteiger partial charge in [0.05, 0.1) is 11.2 Å². The van der Waals surface area contributed by atoms with Crippen LogP contribution in [0, 0.1) is 12.7 Å². The van der Waals surface area contributed by atoms with E-state index in [1.54, 1.807) is 10.5 Å². The van der Waals surface area contributed by atoms with E-state index in [1.807, 2.05) is 6.92 Å². The Hall–Kier alpha value is -1.42. The third-order valence-electron chi connectivity index (χ3n) is 2.00. The summed E-state index contributed by atoms with van der Waals surface area (Å²) in [6, 6.07) is 3.03. The molecule has 0 aromatic carbocycles. The molecular weight excluding hydrogens is 171 g/mol. The van der Waals surface area contributed by atoms with Gasteiger partial charge in [-0.3, -0.25) is 4.40 Å². The third-order valence-corrected chi connectivity index (χ3v) is 2.00. The second-order valence-electron chi connectivity index (χ2n) is 2.87. The predicted octanol–water partition coefficient (Wildman–Crippen LogP) is 1.27. The van der Waals surface area contributed by atoms with Crippen molar-refractivity contribution in [2.45, 2.75) is 13.5 Å². The molecule has 0 saturated heterocycles. The van der Waals surface area contributed by atoms with Crippen LogP contribution in [0.3, 0.4) is 0 Å². The first-order valence-corrected chi connectivity index (χ1v) is 3.96. The predicted molar refractivity (Wildman–Crippen MR) is 45.8 cm³/mol. The number of aryl methyl sites for hydroxylation is 1. The molecule has 0 atom stereocenters. The average Bonchev–Trinajstić information content (AvgIpc) is 2.42. The van der Waals surface area contributed by atoms with Crippen LogP contribution in [0.5, 0.6) is 0 Å². The summed E-state index contributed by atoms with van der Waals surface area (Å²) >= 11 is 0. The Balaban J connectivity index is 2.81. The van der Waals surface area contributed by atoms with Gasteiger partial charge in [0.2, 0.25) is 0 Å². The molecule has 0 spiro atoms. The largest absolute Gasteiger partial charge is 0.388 e. The van der Waals surface area contributed by atoms with E-state index in [1.165, 1.54) is 12.3 Å². The zero-order valence-corrected chi connectivity index (χ0v) is 7.16. The van der Waals surface area contributed by atoms with Crippen LogP contribution in [0.4, 0.5) is 4.39 Å². The summed E-state index contributed by atoms with van der Waals surface area (Å²) in [6.45, 7) is 1.64. The molecule has 0 aliphatic rings. The normalized spacial score (nSPS) is 11.0. The van der Waals surface area contributed by atoms with Gasteiger partial charge in [0.15, 0.2) is 0 Å². The Morgan fingerprint density at radius 3 is 3.00 bits per heavy atom. The third kappa shape index (κ3) is 1.19. The lowest BCUT2D eigenvalue weighted by atomic mass is 10.3. The van der Waals surface area contributed by atoms with Crippen LogP contribution in [-0.4, -0.2) is 14.5 Å². The summed E-state index contributed by atoms with van der Waals surface area (Å²) in [7, 11) is 0. The number of nitrogens with zero attached hydrogens (tertiary/aromatic N) is 2. The van der Waals surface area contributed by atoms with Crippen LogP contribution < -0.4 is 0 Å². The topological polar surface area (TPSA) is 37.5 Å². The molecule has 2 heterocycles. The molecule has 0 amide bonds. The molecule has 0 bridgehead atoms. The lowest BCUT2D eigenvalue weighted by Crippen LogP contribution is -1.94. The van der Waals surface area contributed by atoms with Crippen molar-refractivity contribution in [1.29, 1.82) is 0 Å². The summed E-state index contributed by atoms with van der Waals surface area (Å²) in [5.74, 6) is 0.131. The number of halogens is 1. The Morgan fingerprint density at radius 1 is 1.54 bits per heavy atom. The molecule has 0 fully saturated rings. The Kier molecular flexibility index (Phi) is 1.77. The first-order chi connectivity index (χ1) is 6.22. The van der Waals surface area contributed by atoms with Crippen LogP contribution in [0.1, 0.15) is 11.5 Å². The summed E-state index contributed by atoms with van der Waals surface area (Å²) < 4.78 is 14.4. The van der Waals surface area contributed by atoms with Crippen molar-refractivity contribution in [2.75, 3.05) is 0 Å². The minimum absolute atomic E-state index is 0.182. The molecule has 4 heteroatoms. The van der Waals surface area contributed by atoms with Crippen LogP contribution in [0.2, 0.25) is 0 Å². The van der Waals surface area contributed by atoms with Crippen LogP contribution in [0.25, 0.3) is 5.52 Å². The second kappa shape index (κ2) is 2.81. The van der Waals surface area contributed by atoms with Gasteiger partial charge in [0, 0.05) is 6.20 Å². The molecule has 0 aliphatic carbocycles. The van der Waals surface area contributed by atoms with Gasteiger partial charge in [-0.15, -0.1) is 0 Å². The summed E-state index contributed by atoms with van der Waals surface area (Å²) in [5.41, 5.74) is 1.62. The highest BCUT2D eigenvalue weighted by molar-refractivity contribution is 5.52. The molecule has 13 heavy (non-hydrogen) atoms. The van der Waals surface area contributed by atoms with Crippen LogP contribution in [0.15, 0.2) is 18.3 Å². The molecule has 0 aliphatic heterocycles. The molecule has 2 aromatic heterocycles. The molecule has 0 radical (unpaired) electrons. The minimum Gasteiger partial charge on any atom is -0.388 e. The molecule has 1 N–H and O–H groups in total. The van der Waals surface area contributed by atoms with Crippen LogP contribution >= 0.6 is 0 Å². The molecule has 68 valence electrons. The smallest absolute Gasteiger partial charge is 0.139 e. The fourth-order valence-electron chi connectivity index (χ4n) is 1.40. The summed E-state index contributed by atoms with van der Waals surface area (Å²) in [4.78, 5) is 4.10. The molecule has 2 rings (SSSR count). The SMILES string of the molecule is Cc1nc(CO)n2cc(F)ccc12. The maximum absolute atomic E-state index is 12.8. The maximum atomic E-state index is 12.8. The lowest BCUT2D eigenvalue weighted by Gasteiger charge is -1.96. The Labute approximate surface area is 74.5 Å². The fraction of sp³-hybridized carbons (Fsp3) is 0.222. The van der Waals surface area contributed by atoms with Crippen molar-refractivity contribution in [3.63, 3.8) is 0 Å². The number of aliphatic hydroxyl groups excluding tert-OH is 1. The first kappa shape index (κ1) is 8.19. The minimum atomic E-state index is -0.334. The standard InChI is InChI=1S/C9H9FN2O/c1-6-8-3-2-7(10)4-12(8)9(5-13)11-6/h2-4,13H,5H2,1H3. The number of aliphatic hydroxyl groups is 1. The summed E-state index contributed by atoms with van der Waals surface area (Å²) in [5, 5.41) is 8.93. The van der Waals surface area contributed by atoms with Gasteiger partial charge in [-0.2, -0.15) is 0 Å². The number of hydrogen-bond donors (Lipinski definition) is 1. The quantitative estimate of drug-likeness (QED) is 0.717. The average molecular weight is 180 g/mol. The van der Waals surface area contributed by atoms with E-state index in [2.05, 4.69) is 4.98 Å². The highest BCUT2D eigenvalue weighted by atomic mass is 19.1. The van der Waals surface area contributed by atoms with Gasteiger partial charge in [0.25, 0.3) is 0 Å². The lowest BCUT2D eigenvalue weighted by molar-refractivity contribution is 0.270. The van der Waals surface area contributed by atoms with E-state index < -0.39 is 0 Å². The van der Waals surface area contributed by atoms with E-state index >= 15 is 0 Å². The number of imidazole rings is 1. The number of pyridine rings is 1. The van der Waals surface area contributed by atoms with Crippen LogP contribution in [-0.2, 0) is 6.61 Å². The van der Waals surface area contributed by atoms with Crippen molar-refractivity contribution in [1.82, 2.24) is 9.38 Å². The number of aromatic nitrogens is 2. The van der Waals surface area contributed by atoms with E-state index in [0.717, 1.165) is 11.2 Å². The second-order valence-corrected chi connectivity index (χ2v) is 2.87. The molecule has 3 nitrogen and oxygen atoms in total. The van der Waals surface area contributed by atoms with Gasteiger partial charge < -0.3 is 5.11 Å². The van der Waals surface area contributed by atoms with Crippen molar-refractivity contribution < 1.29 is 9.50 Å². The van der Waals surface area contributed by atoms with Gasteiger partial charge in [-0.1, -0.05) is 0 Å². The highest BCUT2D eigenvalue weighted by Crippen LogP contribution is 2.13. The molecule has 0 saturated carbocycles. The highest BCUT2D eigenvalue weighted by Gasteiger charge is 2.06. The van der Waals surface area contributed by atoms with E-state index in [0.29, 0.717) is 5.82 Å². The monoisotopic (exact) mass is 180 g/mol. The number of fused-ring (bicyclic) bond motifs is 1. The van der Waals surface area contributed by atoms with Crippen molar-refractivity contribution in [3.05, 3.63) is 35.7 Å². The maximum Gasteiger partial charge on any atom is 0.139 e. The zero-order valence-electron chi connectivity index (χ0n) is 7.16. The van der Waals surface area contributed by atoms with Crippen molar-refractivity contribution in [2.24, 2.45) is 0 Å². The fourth-order valence-corrected chi connectivity index (χ4v) is 1.40. The Bertz CT molecular complexity index is 450. The van der Waals surface area contributed by atoms with Gasteiger partial charge in [-0.05, 0) is 19.1 Å². The van der Waals surface area contributed by atoms with Gasteiger partial charge in [0.1, 0.15) is 18.2 Å². The molecular formula is C9H9FN2O. The summed E-state index contributed by atoms with van der Waals surface area (Å²) in [6.07, 6.45) is 1.32. The van der Waals surface area contributed by atoms with E-state index in [9.17, 15) is 4.39 Å². The first-order valence-electron chi connectivity index (χ1n) is 3.96. The van der Waals surface area contributed by atoms with Crippen molar-refractivity contribution in [3.8, 4) is 0 Å². The number of hydrogen-bond acceptors (Lipinski definition) is 2.